The second-order valence-electron chi connectivity index (χ2n) is 4.58. The number of hydrogen-bond acceptors (Lipinski definition) is 1. The predicted molar refractivity (Wildman–Crippen MR) is 60.2 cm³/mol. The van der Waals surface area contributed by atoms with Gasteiger partial charge in [-0.3, -0.25) is 0 Å². The quantitative estimate of drug-likeness (QED) is 0.832. The van der Waals surface area contributed by atoms with Gasteiger partial charge < -0.3 is 5.32 Å². The van der Waals surface area contributed by atoms with Crippen molar-refractivity contribution in [1.29, 1.82) is 0 Å². The molecule has 0 aliphatic heterocycles. The van der Waals surface area contributed by atoms with Crippen molar-refractivity contribution in [2.75, 3.05) is 7.05 Å². The lowest BCUT2D eigenvalue weighted by Crippen LogP contribution is -2.30. The summed E-state index contributed by atoms with van der Waals surface area (Å²) in [6.07, 6.45) is 3.47. The first-order chi connectivity index (χ1) is 7.63. The number of aryl methyl sites for hydroxylation is 1. The van der Waals surface area contributed by atoms with E-state index in [-0.39, 0.29) is 6.04 Å². The molecule has 1 fully saturated rings. The van der Waals surface area contributed by atoms with Crippen LogP contribution in [0.3, 0.4) is 0 Å². The highest BCUT2D eigenvalue weighted by Gasteiger charge is 2.29. The molecule has 0 spiro atoms. The second kappa shape index (κ2) is 4.50. The van der Waals surface area contributed by atoms with Crippen LogP contribution < -0.4 is 5.32 Å². The zero-order valence-electron chi connectivity index (χ0n) is 9.69. The van der Waals surface area contributed by atoms with Crippen LogP contribution in [0.25, 0.3) is 0 Å². The van der Waals surface area contributed by atoms with Gasteiger partial charge in [0.1, 0.15) is 11.6 Å². The van der Waals surface area contributed by atoms with E-state index in [1.54, 1.807) is 13.0 Å². The van der Waals surface area contributed by atoms with Crippen LogP contribution in [0.15, 0.2) is 12.1 Å². The Morgan fingerprint density at radius 2 is 1.94 bits per heavy atom. The monoisotopic (exact) mass is 225 g/mol. The fourth-order valence-electron chi connectivity index (χ4n) is 2.34. The molecule has 1 atom stereocenters. The van der Waals surface area contributed by atoms with E-state index in [9.17, 15) is 8.78 Å². The van der Waals surface area contributed by atoms with Gasteiger partial charge in [0.15, 0.2) is 0 Å². The van der Waals surface area contributed by atoms with E-state index < -0.39 is 11.6 Å². The smallest absolute Gasteiger partial charge is 0.130 e. The zero-order valence-corrected chi connectivity index (χ0v) is 9.69. The van der Waals surface area contributed by atoms with Crippen LogP contribution in [0.4, 0.5) is 8.78 Å². The molecule has 0 radical (unpaired) electrons. The topological polar surface area (TPSA) is 12.0 Å². The van der Waals surface area contributed by atoms with Crippen molar-refractivity contribution in [1.82, 2.24) is 5.32 Å². The molecule has 16 heavy (non-hydrogen) atoms. The standard InChI is InChI=1S/C13H17F2N/c1-8-6-10(12(15)7-11(8)14)13(16-2)9-4-3-5-9/h6-7,9,13,16H,3-5H2,1-2H3. The van der Waals surface area contributed by atoms with E-state index in [1.165, 1.54) is 6.42 Å². The van der Waals surface area contributed by atoms with Gasteiger partial charge in [-0.15, -0.1) is 0 Å². The number of benzene rings is 1. The molecule has 0 bridgehead atoms. The Morgan fingerprint density at radius 3 is 2.44 bits per heavy atom. The molecule has 1 aliphatic carbocycles. The third-order valence-corrected chi connectivity index (χ3v) is 3.55. The molecule has 1 saturated carbocycles. The molecule has 2 rings (SSSR count). The van der Waals surface area contributed by atoms with E-state index in [2.05, 4.69) is 5.32 Å². The van der Waals surface area contributed by atoms with Gasteiger partial charge in [0, 0.05) is 17.7 Å². The van der Waals surface area contributed by atoms with Crippen molar-refractivity contribution in [2.24, 2.45) is 5.92 Å². The van der Waals surface area contributed by atoms with Gasteiger partial charge >= 0.3 is 0 Å². The lowest BCUT2D eigenvalue weighted by molar-refractivity contribution is 0.235. The highest BCUT2D eigenvalue weighted by Crippen LogP contribution is 2.38. The lowest BCUT2D eigenvalue weighted by Gasteiger charge is -2.34. The van der Waals surface area contributed by atoms with Gasteiger partial charge in [0.05, 0.1) is 0 Å². The van der Waals surface area contributed by atoms with Gasteiger partial charge in [0.25, 0.3) is 0 Å². The van der Waals surface area contributed by atoms with Crippen molar-refractivity contribution in [2.45, 2.75) is 32.2 Å². The molecule has 1 aromatic rings. The second-order valence-corrected chi connectivity index (χ2v) is 4.58. The average molecular weight is 225 g/mol. The number of nitrogens with one attached hydrogen (secondary N) is 1. The van der Waals surface area contributed by atoms with Crippen molar-refractivity contribution >= 4 is 0 Å². The van der Waals surface area contributed by atoms with Gasteiger partial charge in [-0.25, -0.2) is 8.78 Å². The molecular formula is C13H17F2N. The largest absolute Gasteiger partial charge is 0.313 e. The first kappa shape index (κ1) is 11.5. The van der Waals surface area contributed by atoms with Crippen molar-refractivity contribution in [3.63, 3.8) is 0 Å². The molecule has 0 amide bonds. The summed E-state index contributed by atoms with van der Waals surface area (Å²) >= 11 is 0. The molecule has 1 N–H and O–H groups in total. The molecule has 1 nitrogen and oxygen atoms in total. The normalized spacial score (nSPS) is 18.2. The molecule has 1 unspecified atom stereocenters. The maximum atomic E-state index is 13.7. The van der Waals surface area contributed by atoms with E-state index in [4.69, 9.17) is 0 Å². The van der Waals surface area contributed by atoms with Crippen molar-refractivity contribution in [3.8, 4) is 0 Å². The molecule has 1 aromatic carbocycles. The molecule has 0 heterocycles. The zero-order chi connectivity index (χ0) is 11.7. The number of hydrogen-bond donors (Lipinski definition) is 1. The van der Waals surface area contributed by atoms with Crippen LogP contribution in [-0.2, 0) is 0 Å². The van der Waals surface area contributed by atoms with Gasteiger partial charge in [-0.05, 0) is 44.4 Å². The highest BCUT2D eigenvalue weighted by molar-refractivity contribution is 5.29. The predicted octanol–water partition coefficient (Wildman–Crippen LogP) is 3.33. The molecule has 88 valence electrons. The Kier molecular flexibility index (Phi) is 3.24. The van der Waals surface area contributed by atoms with Crippen LogP contribution in [0.1, 0.15) is 36.4 Å². The maximum absolute atomic E-state index is 13.7. The van der Waals surface area contributed by atoms with Crippen LogP contribution in [-0.4, -0.2) is 7.05 Å². The first-order valence-electron chi connectivity index (χ1n) is 5.76. The number of rotatable bonds is 3. The third-order valence-electron chi connectivity index (χ3n) is 3.55. The molecule has 1 aliphatic rings. The SMILES string of the molecule is CNC(c1cc(C)c(F)cc1F)C1CCC1. The van der Waals surface area contributed by atoms with Gasteiger partial charge in [0.2, 0.25) is 0 Å². The summed E-state index contributed by atoms with van der Waals surface area (Å²) in [4.78, 5) is 0. The Morgan fingerprint density at radius 1 is 1.25 bits per heavy atom. The van der Waals surface area contributed by atoms with Crippen LogP contribution >= 0.6 is 0 Å². The summed E-state index contributed by atoms with van der Waals surface area (Å²) in [5, 5.41) is 3.15. The van der Waals surface area contributed by atoms with Crippen molar-refractivity contribution in [3.05, 3.63) is 34.9 Å². The summed E-state index contributed by atoms with van der Waals surface area (Å²) in [6.45, 7) is 1.67. The van der Waals surface area contributed by atoms with Crippen LogP contribution in [0.5, 0.6) is 0 Å². The summed E-state index contributed by atoms with van der Waals surface area (Å²) in [7, 11) is 1.83. The first-order valence-corrected chi connectivity index (χ1v) is 5.76. The van der Waals surface area contributed by atoms with Crippen molar-refractivity contribution < 1.29 is 8.78 Å². The van der Waals surface area contributed by atoms with E-state index in [1.807, 2.05) is 7.05 Å². The van der Waals surface area contributed by atoms with Crippen LogP contribution in [0, 0.1) is 24.5 Å². The molecular weight excluding hydrogens is 208 g/mol. The minimum Gasteiger partial charge on any atom is -0.313 e. The summed E-state index contributed by atoms with van der Waals surface area (Å²) in [6, 6.07) is 2.64. The Bertz CT molecular complexity index is 386. The molecule has 0 saturated heterocycles. The lowest BCUT2D eigenvalue weighted by atomic mass is 9.77. The number of halogens is 2. The van der Waals surface area contributed by atoms with E-state index in [0.29, 0.717) is 17.0 Å². The Hall–Kier alpha value is -0.960. The third kappa shape index (κ3) is 1.96. The Balaban J connectivity index is 2.33. The van der Waals surface area contributed by atoms with E-state index >= 15 is 0 Å². The summed E-state index contributed by atoms with van der Waals surface area (Å²) in [5.74, 6) is -0.413. The maximum Gasteiger partial charge on any atom is 0.130 e. The van der Waals surface area contributed by atoms with Gasteiger partial charge in [-0.2, -0.15) is 0 Å². The minimum absolute atomic E-state index is 0.0213. The van der Waals surface area contributed by atoms with E-state index in [0.717, 1.165) is 18.9 Å². The summed E-state index contributed by atoms with van der Waals surface area (Å²) < 4.78 is 26.9. The fraction of sp³-hybridized carbons (Fsp3) is 0.538. The average Bonchev–Trinajstić information content (AvgIpc) is 2.17. The fourth-order valence-corrected chi connectivity index (χ4v) is 2.34. The van der Waals surface area contributed by atoms with Crippen LogP contribution in [0.2, 0.25) is 0 Å². The summed E-state index contributed by atoms with van der Waals surface area (Å²) in [5.41, 5.74) is 1.11. The van der Waals surface area contributed by atoms with Gasteiger partial charge in [-0.1, -0.05) is 6.42 Å². The molecule has 3 heteroatoms. The minimum atomic E-state index is -0.468. The Labute approximate surface area is 94.9 Å². The molecule has 0 aromatic heterocycles. The highest BCUT2D eigenvalue weighted by atomic mass is 19.1.